The Balaban J connectivity index is 1.13. The minimum absolute atomic E-state index is 0.0156. The quantitative estimate of drug-likeness (QED) is 0.227. The molecule has 4 aromatic heterocycles. The summed E-state index contributed by atoms with van der Waals surface area (Å²) < 4.78 is 46.0. The smallest absolute Gasteiger partial charge is 0.335 e. The fourth-order valence-electron chi connectivity index (χ4n) is 5.34. The number of nitrogens with zero attached hydrogens (tertiary/aromatic N) is 6. The van der Waals surface area contributed by atoms with E-state index >= 15 is 8.78 Å². The molecule has 0 bridgehead atoms. The lowest BCUT2D eigenvalue weighted by molar-refractivity contribution is -0.0589. The number of rotatable bonds is 9. The van der Waals surface area contributed by atoms with Crippen molar-refractivity contribution in [2.75, 3.05) is 6.61 Å². The van der Waals surface area contributed by atoms with E-state index in [1.54, 1.807) is 53.2 Å². The maximum atomic E-state index is 15.5. The van der Waals surface area contributed by atoms with Gasteiger partial charge in [0, 0.05) is 37.1 Å². The molecule has 0 radical (unpaired) electrons. The Hall–Kier alpha value is -5.67. The molecule has 1 aliphatic heterocycles. The highest BCUT2D eigenvalue weighted by Gasteiger charge is 2.24. The number of ether oxygens (including phenoxy) is 2. The van der Waals surface area contributed by atoms with Crippen molar-refractivity contribution in [1.82, 2.24) is 23.9 Å². The number of aromatic carboxylic acids is 1. The van der Waals surface area contributed by atoms with Crippen LogP contribution in [0.25, 0.3) is 27.9 Å². The number of hydrogen-bond donors (Lipinski definition) is 1. The monoisotopic (exact) mass is 606 g/mol. The number of carbonyl (C=O) groups is 1. The zero-order valence-electron chi connectivity index (χ0n) is 23.7. The van der Waals surface area contributed by atoms with Crippen LogP contribution in [0.2, 0.25) is 0 Å². The Kier molecular flexibility index (Phi) is 7.15. The minimum Gasteiger partial charge on any atom is -0.478 e. The molecule has 6 aromatic rings. The summed E-state index contributed by atoms with van der Waals surface area (Å²) in [5.74, 6) is -1.69. The summed E-state index contributed by atoms with van der Waals surface area (Å²) in [7, 11) is 0. The number of imidazole rings is 2. The van der Waals surface area contributed by atoms with Crippen LogP contribution in [0.4, 0.5) is 8.78 Å². The number of carboxylic acids is 1. The van der Waals surface area contributed by atoms with Gasteiger partial charge in [0.25, 0.3) is 0 Å². The number of fused-ring (bicyclic) bond motifs is 2. The highest BCUT2D eigenvalue weighted by atomic mass is 19.1. The number of nitriles is 1. The van der Waals surface area contributed by atoms with E-state index < -0.39 is 17.6 Å². The molecule has 5 heterocycles. The summed E-state index contributed by atoms with van der Waals surface area (Å²) >= 11 is 0. The first-order valence-corrected chi connectivity index (χ1v) is 14.1. The topological polar surface area (TPSA) is 128 Å². The second kappa shape index (κ2) is 11.4. The Morgan fingerprint density at radius 2 is 1.93 bits per heavy atom. The van der Waals surface area contributed by atoms with Gasteiger partial charge in [-0.25, -0.2) is 28.5 Å². The van der Waals surface area contributed by atoms with E-state index in [0.717, 1.165) is 18.6 Å². The first kappa shape index (κ1) is 28.1. The van der Waals surface area contributed by atoms with Crippen LogP contribution in [0, 0.1) is 23.0 Å². The molecular formula is C33H24F2N6O4. The SMILES string of the molecule is N#Cc1ccc2nc(COc3cccc(-c4cc(F)c(Cc5nc6ccc(C(=O)O)cc6n5C[C@@H]5CCO5)cc4F)n3)cn2c1. The first-order chi connectivity index (χ1) is 21.8. The second-order valence-electron chi connectivity index (χ2n) is 10.7. The molecule has 0 amide bonds. The summed E-state index contributed by atoms with van der Waals surface area (Å²) in [6, 6.07) is 17.2. The molecule has 2 aromatic carbocycles. The van der Waals surface area contributed by atoms with Gasteiger partial charge in [-0.05, 0) is 60.5 Å². The van der Waals surface area contributed by atoms with Crippen molar-refractivity contribution < 1.29 is 28.2 Å². The molecule has 7 rings (SSSR count). The van der Waals surface area contributed by atoms with Gasteiger partial charge in [0.05, 0.1) is 46.2 Å². The predicted molar refractivity (Wildman–Crippen MR) is 158 cm³/mol. The number of halogens is 2. The van der Waals surface area contributed by atoms with E-state index in [1.165, 1.54) is 12.1 Å². The molecule has 0 saturated carbocycles. The molecule has 45 heavy (non-hydrogen) atoms. The maximum Gasteiger partial charge on any atom is 0.335 e. The average molecular weight is 607 g/mol. The third-order valence-electron chi connectivity index (χ3n) is 7.74. The first-order valence-electron chi connectivity index (χ1n) is 14.1. The van der Waals surface area contributed by atoms with Crippen LogP contribution in [-0.4, -0.2) is 47.7 Å². The van der Waals surface area contributed by atoms with E-state index in [0.29, 0.717) is 46.9 Å². The Labute approximate surface area is 254 Å². The number of aromatic nitrogens is 5. The molecule has 1 atom stereocenters. The van der Waals surface area contributed by atoms with E-state index in [-0.39, 0.29) is 47.4 Å². The average Bonchev–Trinajstić information content (AvgIpc) is 3.59. The molecule has 224 valence electrons. The van der Waals surface area contributed by atoms with Crippen molar-refractivity contribution in [2.24, 2.45) is 0 Å². The minimum atomic E-state index is -1.07. The summed E-state index contributed by atoms with van der Waals surface area (Å²) in [6.45, 7) is 1.14. The molecule has 12 heteroatoms. The van der Waals surface area contributed by atoms with E-state index in [4.69, 9.17) is 14.7 Å². The third-order valence-corrected chi connectivity index (χ3v) is 7.74. The summed E-state index contributed by atoms with van der Waals surface area (Å²) in [4.78, 5) is 25.1. The summed E-state index contributed by atoms with van der Waals surface area (Å²) in [5.41, 5.74) is 3.28. The predicted octanol–water partition coefficient (Wildman–Crippen LogP) is 5.55. The molecular weight excluding hydrogens is 582 g/mol. The lowest BCUT2D eigenvalue weighted by atomic mass is 10.0. The van der Waals surface area contributed by atoms with Gasteiger partial charge < -0.3 is 23.5 Å². The maximum absolute atomic E-state index is 15.5. The van der Waals surface area contributed by atoms with Gasteiger partial charge in [-0.15, -0.1) is 0 Å². The van der Waals surface area contributed by atoms with E-state index in [2.05, 4.69) is 21.0 Å². The largest absolute Gasteiger partial charge is 0.478 e. The van der Waals surface area contributed by atoms with Gasteiger partial charge in [0.1, 0.15) is 35.8 Å². The van der Waals surface area contributed by atoms with Gasteiger partial charge >= 0.3 is 5.97 Å². The third kappa shape index (κ3) is 5.57. The lowest BCUT2D eigenvalue weighted by Crippen LogP contribution is -2.31. The van der Waals surface area contributed by atoms with Crippen LogP contribution in [0.5, 0.6) is 5.88 Å². The Bertz CT molecular complexity index is 2150. The molecule has 1 N–H and O–H groups in total. The molecule has 1 aliphatic rings. The Morgan fingerprint density at radius 1 is 1.07 bits per heavy atom. The van der Waals surface area contributed by atoms with Gasteiger partial charge in [-0.2, -0.15) is 5.26 Å². The van der Waals surface area contributed by atoms with Crippen LogP contribution in [0.3, 0.4) is 0 Å². The zero-order chi connectivity index (χ0) is 31.1. The second-order valence-corrected chi connectivity index (χ2v) is 10.7. The van der Waals surface area contributed by atoms with Crippen LogP contribution < -0.4 is 4.74 Å². The molecule has 10 nitrogen and oxygen atoms in total. The number of carboxylic acid groups (broad SMARTS) is 1. The van der Waals surface area contributed by atoms with E-state index in [9.17, 15) is 9.90 Å². The van der Waals surface area contributed by atoms with Gasteiger partial charge in [-0.3, -0.25) is 0 Å². The van der Waals surface area contributed by atoms with Crippen molar-refractivity contribution in [3.8, 4) is 23.2 Å². The molecule has 0 unspecified atom stereocenters. The number of hydrogen-bond acceptors (Lipinski definition) is 7. The van der Waals surface area contributed by atoms with Crippen molar-refractivity contribution >= 4 is 22.6 Å². The van der Waals surface area contributed by atoms with E-state index in [1.807, 2.05) is 4.57 Å². The number of pyridine rings is 2. The van der Waals surface area contributed by atoms with Crippen molar-refractivity contribution in [3.05, 3.63) is 113 Å². The summed E-state index contributed by atoms with van der Waals surface area (Å²) in [5, 5.41) is 18.6. The van der Waals surface area contributed by atoms with Crippen molar-refractivity contribution in [3.63, 3.8) is 0 Å². The van der Waals surface area contributed by atoms with Crippen molar-refractivity contribution in [1.29, 1.82) is 5.26 Å². The normalized spacial score (nSPS) is 14.4. The van der Waals surface area contributed by atoms with Crippen LogP contribution >= 0.6 is 0 Å². The Morgan fingerprint density at radius 3 is 2.71 bits per heavy atom. The van der Waals surface area contributed by atoms with Crippen LogP contribution in [0.1, 0.15) is 39.4 Å². The van der Waals surface area contributed by atoms with Gasteiger partial charge in [-0.1, -0.05) is 6.07 Å². The van der Waals surface area contributed by atoms with Crippen molar-refractivity contribution in [2.45, 2.75) is 32.1 Å². The molecule has 1 saturated heterocycles. The summed E-state index contributed by atoms with van der Waals surface area (Å²) in [6.07, 6.45) is 4.17. The van der Waals surface area contributed by atoms with Gasteiger partial charge in [0.15, 0.2) is 0 Å². The highest BCUT2D eigenvalue weighted by Crippen LogP contribution is 2.29. The molecule has 0 spiro atoms. The van der Waals surface area contributed by atoms with Crippen LogP contribution in [0.15, 0.2) is 73.1 Å². The lowest BCUT2D eigenvalue weighted by Gasteiger charge is -2.27. The number of benzene rings is 2. The standard InChI is InChI=1S/C33H24F2N6O4/c34-25-13-24(27-2-1-3-32(39-27)45-18-22-16-40-15-19(14-36)4-7-30(40)37-22)26(35)10-21(25)12-31-38-28-6-5-20(33(42)43)11-29(28)41(31)17-23-8-9-44-23/h1-7,10-11,13,15-16,23H,8-9,12,17-18H2,(H,42,43)/t23-/m0/s1. The zero-order valence-corrected chi connectivity index (χ0v) is 23.7. The highest BCUT2D eigenvalue weighted by molar-refractivity contribution is 5.92. The molecule has 1 fully saturated rings. The fraction of sp³-hybridized carbons (Fsp3) is 0.182. The van der Waals surface area contributed by atoms with Gasteiger partial charge in [0.2, 0.25) is 5.88 Å². The molecule has 0 aliphatic carbocycles. The fourth-order valence-corrected chi connectivity index (χ4v) is 5.34. The van der Waals surface area contributed by atoms with Crippen LogP contribution in [-0.2, 0) is 24.3 Å².